The molecule has 0 aliphatic heterocycles. The number of rotatable bonds is 6. The van der Waals surface area contributed by atoms with Gasteiger partial charge in [0.15, 0.2) is 0 Å². The molecular weight excluding hydrogens is 322 g/mol. The second kappa shape index (κ2) is 9.11. The number of esters is 1. The van der Waals surface area contributed by atoms with Crippen molar-refractivity contribution in [2.75, 3.05) is 21.3 Å². The van der Waals surface area contributed by atoms with E-state index in [9.17, 15) is 4.79 Å². The molecular formula is C19H25NO5. The molecule has 1 aromatic rings. The van der Waals surface area contributed by atoms with Gasteiger partial charge < -0.3 is 19.0 Å². The zero-order chi connectivity index (χ0) is 18.2. The number of nitrogens with zero attached hydrogens (tertiary/aromatic N) is 1. The number of hydrogen-bond donors (Lipinski definition) is 0. The molecule has 2 rings (SSSR count). The number of carbonyl (C=O) groups excluding carboxylic acids is 1. The van der Waals surface area contributed by atoms with Crippen LogP contribution in [0.4, 0.5) is 0 Å². The van der Waals surface area contributed by atoms with Gasteiger partial charge in [0.2, 0.25) is 5.76 Å². The van der Waals surface area contributed by atoms with Crippen LogP contribution in [0.3, 0.4) is 0 Å². The topological polar surface area (TPSA) is 66.3 Å². The number of hydrogen-bond acceptors (Lipinski definition) is 6. The van der Waals surface area contributed by atoms with Crippen molar-refractivity contribution in [1.29, 1.82) is 0 Å². The maximum atomic E-state index is 11.8. The first-order valence-electron chi connectivity index (χ1n) is 8.27. The first-order valence-corrected chi connectivity index (χ1v) is 8.27. The first-order chi connectivity index (χ1) is 12.1. The Labute approximate surface area is 148 Å². The highest BCUT2D eigenvalue weighted by molar-refractivity contribution is 5.86. The minimum Gasteiger partial charge on any atom is -0.500 e. The van der Waals surface area contributed by atoms with Crippen LogP contribution in [-0.4, -0.2) is 33.0 Å². The summed E-state index contributed by atoms with van der Waals surface area (Å²) in [6.45, 7) is 1.94. The lowest BCUT2D eigenvalue weighted by molar-refractivity contribution is -0.138. The number of carbonyl (C=O) groups is 1. The summed E-state index contributed by atoms with van der Waals surface area (Å²) in [5, 5.41) is 4.05. The monoisotopic (exact) mass is 347 g/mol. The lowest BCUT2D eigenvalue weighted by atomic mass is 9.83. The van der Waals surface area contributed by atoms with E-state index in [1.54, 1.807) is 7.11 Å². The Morgan fingerprint density at radius 3 is 2.52 bits per heavy atom. The lowest BCUT2D eigenvalue weighted by Gasteiger charge is -2.24. The Kier molecular flexibility index (Phi) is 6.86. The van der Waals surface area contributed by atoms with Crippen molar-refractivity contribution in [3.05, 3.63) is 41.3 Å². The highest BCUT2D eigenvalue weighted by atomic mass is 16.6. The molecule has 6 nitrogen and oxygen atoms in total. The largest absolute Gasteiger partial charge is 0.500 e. The van der Waals surface area contributed by atoms with Crippen molar-refractivity contribution in [2.24, 2.45) is 5.16 Å². The van der Waals surface area contributed by atoms with Crippen LogP contribution in [0.1, 0.15) is 42.7 Å². The van der Waals surface area contributed by atoms with E-state index in [0.717, 1.165) is 37.0 Å². The van der Waals surface area contributed by atoms with Gasteiger partial charge >= 0.3 is 5.97 Å². The van der Waals surface area contributed by atoms with E-state index in [4.69, 9.17) is 19.0 Å². The Morgan fingerprint density at radius 1 is 1.20 bits per heavy atom. The highest BCUT2D eigenvalue weighted by Crippen LogP contribution is 2.34. The van der Waals surface area contributed by atoms with Gasteiger partial charge in [-0.15, -0.1) is 0 Å². The average Bonchev–Trinajstić information content (AvgIpc) is 2.63. The molecule has 0 atom stereocenters. The van der Waals surface area contributed by atoms with E-state index in [2.05, 4.69) is 11.2 Å². The van der Waals surface area contributed by atoms with Gasteiger partial charge in [0.1, 0.15) is 19.1 Å². The number of ether oxygens (including phenoxy) is 3. The standard InChI is InChI=1S/C19H25NO5/c1-13-5-6-15(14-7-9-16(10-8-14)20-24-4)11-17(13)25-18(12-22-2)19(21)23-3/h5-6,11-12,14H,7-10H2,1-4H3/b18-12-,20-16?. The maximum Gasteiger partial charge on any atom is 0.377 e. The fourth-order valence-electron chi connectivity index (χ4n) is 2.93. The summed E-state index contributed by atoms with van der Waals surface area (Å²) in [4.78, 5) is 16.6. The molecule has 1 aromatic carbocycles. The van der Waals surface area contributed by atoms with E-state index in [0.29, 0.717) is 11.7 Å². The fraction of sp³-hybridized carbons (Fsp3) is 0.474. The van der Waals surface area contributed by atoms with Crippen LogP contribution in [-0.2, 0) is 19.1 Å². The average molecular weight is 347 g/mol. The van der Waals surface area contributed by atoms with Gasteiger partial charge in [-0.2, -0.15) is 0 Å². The van der Waals surface area contributed by atoms with E-state index < -0.39 is 5.97 Å². The van der Waals surface area contributed by atoms with E-state index in [1.807, 2.05) is 19.1 Å². The summed E-state index contributed by atoms with van der Waals surface area (Å²) in [5.41, 5.74) is 3.24. The predicted molar refractivity (Wildman–Crippen MR) is 94.6 cm³/mol. The lowest BCUT2D eigenvalue weighted by Crippen LogP contribution is -2.14. The van der Waals surface area contributed by atoms with Crippen LogP contribution in [0.5, 0.6) is 5.75 Å². The maximum absolute atomic E-state index is 11.8. The molecule has 1 aliphatic rings. The van der Waals surface area contributed by atoms with Crippen molar-refractivity contribution in [2.45, 2.75) is 38.5 Å². The molecule has 25 heavy (non-hydrogen) atoms. The number of benzene rings is 1. The summed E-state index contributed by atoms with van der Waals surface area (Å²) >= 11 is 0. The van der Waals surface area contributed by atoms with Gasteiger partial charge in [-0.25, -0.2) is 4.79 Å². The molecule has 0 saturated heterocycles. The molecule has 1 fully saturated rings. The Balaban J connectivity index is 2.16. The molecule has 1 aliphatic carbocycles. The molecule has 0 heterocycles. The van der Waals surface area contributed by atoms with Crippen molar-refractivity contribution < 1.29 is 23.8 Å². The van der Waals surface area contributed by atoms with E-state index >= 15 is 0 Å². The van der Waals surface area contributed by atoms with Crippen molar-refractivity contribution >= 4 is 11.7 Å². The van der Waals surface area contributed by atoms with Gasteiger partial charge in [-0.1, -0.05) is 17.3 Å². The summed E-state index contributed by atoms with van der Waals surface area (Å²) in [6.07, 6.45) is 5.14. The molecule has 0 spiro atoms. The third kappa shape index (κ3) is 4.98. The zero-order valence-corrected chi connectivity index (χ0v) is 15.2. The SMILES string of the molecule is CO/C=C(\Oc1cc(C2CCC(=NOC)CC2)ccc1C)C(=O)OC. The van der Waals surface area contributed by atoms with Gasteiger partial charge in [0.25, 0.3) is 0 Å². The minimum atomic E-state index is -0.579. The van der Waals surface area contributed by atoms with Crippen LogP contribution >= 0.6 is 0 Å². The molecule has 0 N–H and O–H groups in total. The smallest absolute Gasteiger partial charge is 0.377 e. The molecule has 1 saturated carbocycles. The van der Waals surface area contributed by atoms with Gasteiger partial charge in [-0.05, 0) is 55.7 Å². The summed E-state index contributed by atoms with van der Waals surface area (Å²) in [7, 11) is 4.34. The predicted octanol–water partition coefficient (Wildman–Crippen LogP) is 3.69. The molecule has 0 radical (unpaired) electrons. The first kappa shape index (κ1) is 18.8. The number of aryl methyl sites for hydroxylation is 1. The second-order valence-corrected chi connectivity index (χ2v) is 5.95. The number of oxime groups is 1. The van der Waals surface area contributed by atoms with Crippen molar-refractivity contribution in [3.8, 4) is 5.75 Å². The molecule has 0 unspecified atom stereocenters. The van der Waals surface area contributed by atoms with E-state index in [1.165, 1.54) is 26.0 Å². The molecule has 0 amide bonds. The summed E-state index contributed by atoms with van der Waals surface area (Å²) < 4.78 is 15.4. The second-order valence-electron chi connectivity index (χ2n) is 5.95. The summed E-state index contributed by atoms with van der Waals surface area (Å²) in [5.74, 6) is 0.502. The zero-order valence-electron chi connectivity index (χ0n) is 15.2. The highest BCUT2D eigenvalue weighted by Gasteiger charge is 2.21. The van der Waals surface area contributed by atoms with Gasteiger partial charge in [-0.3, -0.25) is 0 Å². The summed E-state index contributed by atoms with van der Waals surface area (Å²) in [6, 6.07) is 6.11. The Morgan fingerprint density at radius 2 is 1.92 bits per heavy atom. The minimum absolute atomic E-state index is 0.0170. The molecule has 0 aromatic heterocycles. The van der Waals surface area contributed by atoms with Gasteiger partial charge in [0, 0.05) is 0 Å². The quantitative estimate of drug-likeness (QED) is 0.340. The van der Waals surface area contributed by atoms with Crippen LogP contribution < -0.4 is 4.74 Å². The molecule has 6 heteroatoms. The third-order valence-corrected chi connectivity index (χ3v) is 4.30. The van der Waals surface area contributed by atoms with Crippen LogP contribution in [0, 0.1) is 6.92 Å². The normalized spacial score (nSPS) is 17.7. The third-order valence-electron chi connectivity index (χ3n) is 4.30. The fourth-order valence-corrected chi connectivity index (χ4v) is 2.93. The van der Waals surface area contributed by atoms with Crippen molar-refractivity contribution in [3.63, 3.8) is 0 Å². The molecule has 136 valence electrons. The van der Waals surface area contributed by atoms with Crippen LogP contribution in [0.2, 0.25) is 0 Å². The van der Waals surface area contributed by atoms with Crippen LogP contribution in [0.15, 0.2) is 35.4 Å². The number of methoxy groups -OCH3 is 2. The Bertz CT molecular complexity index is 656. The van der Waals surface area contributed by atoms with Crippen molar-refractivity contribution in [1.82, 2.24) is 0 Å². The van der Waals surface area contributed by atoms with E-state index in [-0.39, 0.29) is 5.76 Å². The molecule has 0 bridgehead atoms. The van der Waals surface area contributed by atoms with Crippen LogP contribution in [0.25, 0.3) is 0 Å². The van der Waals surface area contributed by atoms with Gasteiger partial charge in [0.05, 0.1) is 19.9 Å². The Hall–Kier alpha value is -2.50.